The van der Waals surface area contributed by atoms with Crippen LogP contribution in [0, 0.1) is 5.41 Å². The highest BCUT2D eigenvalue weighted by Crippen LogP contribution is 2.48. The number of aromatic nitrogens is 3. The van der Waals surface area contributed by atoms with Gasteiger partial charge in [0.1, 0.15) is 22.8 Å². The molecule has 8 nitrogen and oxygen atoms in total. The van der Waals surface area contributed by atoms with Crippen LogP contribution in [-0.2, 0) is 11.3 Å². The minimum atomic E-state index is 0.253. The Kier molecular flexibility index (Phi) is 5.95. The number of methoxy groups -OCH3 is 2. The highest BCUT2D eigenvalue weighted by molar-refractivity contribution is 6.41. The van der Waals surface area contributed by atoms with E-state index >= 15 is 0 Å². The number of nitrogens with zero attached hydrogens (tertiary/aromatic N) is 4. The van der Waals surface area contributed by atoms with Crippen molar-refractivity contribution in [2.24, 2.45) is 11.1 Å². The number of hydrogen-bond acceptors (Lipinski definition) is 8. The molecule has 0 unspecified atom stereocenters. The fourth-order valence-electron chi connectivity index (χ4n) is 4.65. The van der Waals surface area contributed by atoms with Crippen molar-refractivity contribution in [2.75, 3.05) is 45.4 Å². The third-order valence-corrected chi connectivity index (χ3v) is 7.27. The van der Waals surface area contributed by atoms with Gasteiger partial charge in [0.05, 0.1) is 36.5 Å². The van der Waals surface area contributed by atoms with Gasteiger partial charge in [-0.1, -0.05) is 23.2 Å². The number of rotatable bonds is 5. The van der Waals surface area contributed by atoms with Gasteiger partial charge in [0, 0.05) is 54.9 Å². The standard InChI is InChI=1S/C23H25Cl2N5O3/c1-31-15-8-16(32-2)20(25)18(19(15)24)14-7-13-10-27-17(9-26)29-21(13)22(28-14)30-11-23(12-30)3-5-33-6-4-23/h7-8,10H,3-6,9,11-12,26H2,1-2H3. The molecule has 2 fully saturated rings. The molecule has 0 saturated carbocycles. The van der Waals surface area contributed by atoms with E-state index in [1.807, 2.05) is 6.07 Å². The highest BCUT2D eigenvalue weighted by atomic mass is 35.5. The Hall–Kier alpha value is -2.39. The van der Waals surface area contributed by atoms with Crippen LogP contribution in [0.2, 0.25) is 10.0 Å². The highest BCUT2D eigenvalue weighted by Gasteiger charge is 2.45. The van der Waals surface area contributed by atoms with Gasteiger partial charge in [0.15, 0.2) is 5.82 Å². The smallest absolute Gasteiger partial charge is 0.156 e. The third kappa shape index (κ3) is 3.85. The summed E-state index contributed by atoms with van der Waals surface area (Å²) in [5.74, 6) is 2.25. The predicted molar refractivity (Wildman–Crippen MR) is 128 cm³/mol. The SMILES string of the molecule is COc1cc(OC)c(Cl)c(-c2cc3cnc(CN)nc3c(N3CC4(CCOCC4)C3)n2)c1Cl. The second-order valence-electron chi connectivity index (χ2n) is 8.51. The topological polar surface area (TPSA) is 95.6 Å². The van der Waals surface area contributed by atoms with Crippen LogP contribution in [0.4, 0.5) is 5.82 Å². The monoisotopic (exact) mass is 489 g/mol. The molecule has 0 aliphatic carbocycles. The molecule has 10 heteroatoms. The lowest BCUT2D eigenvalue weighted by Gasteiger charge is -2.52. The van der Waals surface area contributed by atoms with Crippen molar-refractivity contribution in [1.82, 2.24) is 15.0 Å². The molecular weight excluding hydrogens is 465 g/mol. The van der Waals surface area contributed by atoms with Gasteiger partial charge in [-0.3, -0.25) is 0 Å². The first-order chi connectivity index (χ1) is 16.0. The van der Waals surface area contributed by atoms with Gasteiger partial charge in [-0.25, -0.2) is 15.0 Å². The van der Waals surface area contributed by atoms with Gasteiger partial charge in [0.25, 0.3) is 0 Å². The maximum atomic E-state index is 6.69. The minimum Gasteiger partial charge on any atom is -0.495 e. The third-order valence-electron chi connectivity index (χ3n) is 6.52. The molecule has 33 heavy (non-hydrogen) atoms. The van der Waals surface area contributed by atoms with Gasteiger partial charge in [0.2, 0.25) is 0 Å². The molecule has 2 aliphatic heterocycles. The van der Waals surface area contributed by atoms with Crippen LogP contribution >= 0.6 is 23.2 Å². The molecular formula is C23H25Cl2N5O3. The van der Waals surface area contributed by atoms with Crippen LogP contribution in [0.15, 0.2) is 18.3 Å². The van der Waals surface area contributed by atoms with E-state index in [4.69, 9.17) is 53.1 Å². The van der Waals surface area contributed by atoms with Crippen molar-refractivity contribution in [1.29, 1.82) is 0 Å². The number of nitrogens with two attached hydrogens (primary N) is 1. The normalized spacial score (nSPS) is 17.3. The molecule has 174 valence electrons. The molecule has 1 spiro atoms. The van der Waals surface area contributed by atoms with Crippen molar-refractivity contribution in [2.45, 2.75) is 19.4 Å². The number of fused-ring (bicyclic) bond motifs is 1. The molecule has 5 rings (SSSR count). The first-order valence-corrected chi connectivity index (χ1v) is 11.5. The minimum absolute atomic E-state index is 0.253. The number of benzene rings is 1. The van der Waals surface area contributed by atoms with Gasteiger partial charge < -0.3 is 24.8 Å². The van der Waals surface area contributed by atoms with Crippen molar-refractivity contribution >= 4 is 39.9 Å². The number of ether oxygens (including phenoxy) is 3. The van der Waals surface area contributed by atoms with Gasteiger partial charge in [-0.15, -0.1) is 0 Å². The summed E-state index contributed by atoms with van der Waals surface area (Å²) in [6.45, 7) is 3.65. The van der Waals surface area contributed by atoms with Crippen LogP contribution in [-0.4, -0.2) is 55.5 Å². The Morgan fingerprint density at radius 1 is 1.06 bits per heavy atom. The summed E-state index contributed by atoms with van der Waals surface area (Å²) in [5, 5.41) is 1.56. The Bertz CT molecular complexity index is 1180. The number of halogens is 2. The van der Waals surface area contributed by atoms with Crippen molar-refractivity contribution in [3.8, 4) is 22.8 Å². The first kappa shape index (κ1) is 22.4. The van der Waals surface area contributed by atoms with E-state index in [1.54, 1.807) is 26.5 Å². The summed E-state index contributed by atoms with van der Waals surface area (Å²) in [5.41, 5.74) is 7.98. The summed E-state index contributed by atoms with van der Waals surface area (Å²) >= 11 is 13.4. The molecule has 3 aromatic rings. The largest absolute Gasteiger partial charge is 0.495 e. The van der Waals surface area contributed by atoms with Crippen molar-refractivity contribution in [3.63, 3.8) is 0 Å². The van der Waals surface area contributed by atoms with E-state index in [0.29, 0.717) is 38.6 Å². The van der Waals surface area contributed by atoms with Gasteiger partial charge in [-0.2, -0.15) is 0 Å². The summed E-state index contributed by atoms with van der Waals surface area (Å²) in [6.07, 6.45) is 3.87. The summed E-state index contributed by atoms with van der Waals surface area (Å²) in [6, 6.07) is 3.55. The van der Waals surface area contributed by atoms with Gasteiger partial charge in [-0.05, 0) is 18.9 Å². The lowest BCUT2D eigenvalue weighted by molar-refractivity contribution is -0.000359. The molecule has 1 aromatic carbocycles. The lowest BCUT2D eigenvalue weighted by Crippen LogP contribution is -2.59. The Balaban J connectivity index is 1.66. The Morgan fingerprint density at radius 2 is 1.73 bits per heavy atom. The van der Waals surface area contributed by atoms with E-state index in [0.717, 1.165) is 55.9 Å². The molecule has 0 atom stereocenters. The first-order valence-electron chi connectivity index (χ1n) is 10.8. The molecule has 2 saturated heterocycles. The van der Waals surface area contributed by atoms with Crippen LogP contribution < -0.4 is 20.1 Å². The quantitative estimate of drug-likeness (QED) is 0.572. The second-order valence-corrected chi connectivity index (χ2v) is 9.27. The van der Waals surface area contributed by atoms with Crippen LogP contribution in [0.3, 0.4) is 0 Å². The average Bonchev–Trinajstić information content (AvgIpc) is 2.82. The second kappa shape index (κ2) is 8.76. The van der Waals surface area contributed by atoms with Crippen molar-refractivity contribution in [3.05, 3.63) is 34.2 Å². The lowest BCUT2D eigenvalue weighted by atomic mass is 9.73. The molecule has 2 aliphatic rings. The molecule has 0 amide bonds. The zero-order valence-electron chi connectivity index (χ0n) is 18.5. The molecule has 4 heterocycles. The fraction of sp³-hybridized carbons (Fsp3) is 0.435. The van der Waals surface area contributed by atoms with Gasteiger partial charge >= 0.3 is 0 Å². The zero-order valence-corrected chi connectivity index (χ0v) is 20.0. The van der Waals surface area contributed by atoms with E-state index in [-0.39, 0.29) is 12.0 Å². The maximum absolute atomic E-state index is 6.69. The van der Waals surface area contributed by atoms with E-state index in [2.05, 4.69) is 9.88 Å². The van der Waals surface area contributed by atoms with Crippen LogP contribution in [0.5, 0.6) is 11.5 Å². The Morgan fingerprint density at radius 3 is 2.33 bits per heavy atom. The molecule has 0 radical (unpaired) electrons. The maximum Gasteiger partial charge on any atom is 0.156 e. The average molecular weight is 490 g/mol. The van der Waals surface area contributed by atoms with E-state index < -0.39 is 0 Å². The van der Waals surface area contributed by atoms with E-state index in [1.165, 1.54) is 0 Å². The summed E-state index contributed by atoms with van der Waals surface area (Å²) in [7, 11) is 3.10. The summed E-state index contributed by atoms with van der Waals surface area (Å²) in [4.78, 5) is 16.3. The van der Waals surface area contributed by atoms with Crippen LogP contribution in [0.25, 0.3) is 22.2 Å². The van der Waals surface area contributed by atoms with Crippen molar-refractivity contribution < 1.29 is 14.2 Å². The number of hydrogen-bond donors (Lipinski definition) is 1. The molecule has 0 bridgehead atoms. The zero-order chi connectivity index (χ0) is 23.2. The fourth-order valence-corrected chi connectivity index (χ4v) is 5.34. The summed E-state index contributed by atoms with van der Waals surface area (Å²) < 4.78 is 16.5. The molecule has 2 N–H and O–H groups in total. The number of anilines is 1. The number of pyridine rings is 1. The predicted octanol–water partition coefficient (Wildman–Crippen LogP) is 4.09. The van der Waals surface area contributed by atoms with Crippen LogP contribution in [0.1, 0.15) is 18.7 Å². The Labute approximate surface area is 202 Å². The van der Waals surface area contributed by atoms with E-state index in [9.17, 15) is 0 Å². The molecule has 2 aromatic heterocycles.